The molecule has 0 saturated carbocycles. The van der Waals surface area contributed by atoms with Crippen LogP contribution in [-0.4, -0.2) is 61.9 Å². The number of fused-ring (bicyclic) bond motifs is 3. The normalized spacial score (nSPS) is 19.2. The molecule has 8 nitrogen and oxygen atoms in total. The number of thioether (sulfide) groups is 1. The Labute approximate surface area is 198 Å². The van der Waals surface area contributed by atoms with Gasteiger partial charge in [0.15, 0.2) is 5.16 Å². The fourth-order valence-electron chi connectivity index (χ4n) is 4.81. The Morgan fingerprint density at radius 2 is 2.00 bits per heavy atom. The Hall–Kier alpha value is -2.65. The highest BCUT2D eigenvalue weighted by atomic mass is 32.2. The van der Waals surface area contributed by atoms with Crippen LogP contribution in [0.1, 0.15) is 26.7 Å². The molecule has 9 heteroatoms. The largest absolute Gasteiger partial charge is 0.355 e. The van der Waals surface area contributed by atoms with Gasteiger partial charge >= 0.3 is 0 Å². The van der Waals surface area contributed by atoms with Crippen molar-refractivity contribution in [1.29, 1.82) is 0 Å². The molecule has 1 amide bonds. The molecule has 33 heavy (non-hydrogen) atoms. The third kappa shape index (κ3) is 5.30. The highest BCUT2D eigenvalue weighted by molar-refractivity contribution is 7.99. The number of hydrogen-bond acceptors (Lipinski definition) is 6. The van der Waals surface area contributed by atoms with Gasteiger partial charge in [-0.2, -0.15) is 0 Å². The van der Waals surface area contributed by atoms with Crippen molar-refractivity contribution in [2.45, 2.75) is 38.4 Å². The molecular formula is C24H32N6O2S. The maximum atomic E-state index is 12.9. The van der Waals surface area contributed by atoms with Crippen molar-refractivity contribution in [2.75, 3.05) is 31.9 Å². The van der Waals surface area contributed by atoms with Gasteiger partial charge in [-0.1, -0.05) is 43.8 Å². The first-order valence-corrected chi connectivity index (χ1v) is 12.6. The van der Waals surface area contributed by atoms with E-state index in [0.717, 1.165) is 43.4 Å². The van der Waals surface area contributed by atoms with Gasteiger partial charge in [0.2, 0.25) is 11.7 Å². The first kappa shape index (κ1) is 23.5. The molecule has 2 aromatic heterocycles. The van der Waals surface area contributed by atoms with E-state index in [1.54, 1.807) is 16.7 Å². The molecule has 3 aromatic rings. The molecule has 2 unspecified atom stereocenters. The van der Waals surface area contributed by atoms with Gasteiger partial charge in [0, 0.05) is 26.2 Å². The van der Waals surface area contributed by atoms with Crippen LogP contribution in [0.15, 0.2) is 46.9 Å². The number of benzene rings is 1. The van der Waals surface area contributed by atoms with Gasteiger partial charge < -0.3 is 10.2 Å². The lowest BCUT2D eigenvalue weighted by Gasteiger charge is -2.34. The summed E-state index contributed by atoms with van der Waals surface area (Å²) in [5, 5.41) is 12.7. The van der Waals surface area contributed by atoms with Crippen molar-refractivity contribution in [2.24, 2.45) is 11.8 Å². The molecule has 1 saturated heterocycles. The summed E-state index contributed by atoms with van der Waals surface area (Å²) in [6, 6.07) is 7.38. The number of carbonyl (C=O) groups is 1. The van der Waals surface area contributed by atoms with Gasteiger partial charge in [-0.05, 0) is 43.4 Å². The van der Waals surface area contributed by atoms with Crippen LogP contribution in [-0.2, 0) is 11.3 Å². The quantitative estimate of drug-likeness (QED) is 0.295. The summed E-state index contributed by atoms with van der Waals surface area (Å²) in [6.45, 7) is 12.7. The lowest BCUT2D eigenvalue weighted by molar-refractivity contribution is -0.118. The maximum Gasteiger partial charge on any atom is 0.263 e. The van der Waals surface area contributed by atoms with Crippen LogP contribution in [0.3, 0.4) is 0 Å². The molecule has 2 atom stereocenters. The second kappa shape index (κ2) is 10.5. The molecule has 3 heterocycles. The highest BCUT2D eigenvalue weighted by Crippen LogP contribution is 2.22. The standard InChI is InChI=1S/C24H32N6O2S/c1-4-11-29-22(32)19-8-5-6-9-20(19)30-23(29)26-27-24(30)33-16-21(31)25-10-7-12-28-14-17(2)13-18(3)15-28/h4-6,8-9,17-18H,1,7,10-16H2,2-3H3,(H,25,31). The van der Waals surface area contributed by atoms with Crippen LogP contribution in [0.2, 0.25) is 0 Å². The van der Waals surface area contributed by atoms with E-state index >= 15 is 0 Å². The number of rotatable bonds is 9. The van der Waals surface area contributed by atoms with E-state index in [1.807, 2.05) is 22.6 Å². The number of nitrogens with one attached hydrogen (secondary N) is 1. The molecule has 1 fully saturated rings. The molecule has 1 aromatic carbocycles. The first-order chi connectivity index (χ1) is 16.0. The number of hydrogen-bond donors (Lipinski definition) is 1. The summed E-state index contributed by atoms with van der Waals surface area (Å²) in [7, 11) is 0. The average molecular weight is 469 g/mol. The number of carbonyl (C=O) groups excluding carboxylic acids is 1. The summed E-state index contributed by atoms with van der Waals surface area (Å²) in [4.78, 5) is 27.8. The molecule has 1 aliphatic rings. The number of para-hydroxylation sites is 1. The van der Waals surface area contributed by atoms with E-state index < -0.39 is 0 Å². The van der Waals surface area contributed by atoms with Gasteiger partial charge in [0.1, 0.15) is 0 Å². The van der Waals surface area contributed by atoms with Crippen molar-refractivity contribution in [3.8, 4) is 0 Å². The van der Waals surface area contributed by atoms with Gasteiger partial charge in [-0.3, -0.25) is 18.6 Å². The molecule has 1 N–H and O–H groups in total. The zero-order valence-electron chi connectivity index (χ0n) is 19.4. The van der Waals surface area contributed by atoms with Crippen LogP contribution in [0.4, 0.5) is 0 Å². The molecular weight excluding hydrogens is 436 g/mol. The lowest BCUT2D eigenvalue weighted by atomic mass is 9.92. The topological polar surface area (TPSA) is 84.5 Å². The zero-order valence-corrected chi connectivity index (χ0v) is 20.2. The third-order valence-electron chi connectivity index (χ3n) is 6.04. The summed E-state index contributed by atoms with van der Waals surface area (Å²) in [6.07, 6.45) is 3.92. The zero-order chi connectivity index (χ0) is 23.4. The second-order valence-electron chi connectivity index (χ2n) is 9.04. The SMILES string of the molecule is C=CCn1c(=O)c2ccccc2n2c(SCC(=O)NCCCN3CC(C)CC(C)C3)nnc12. The van der Waals surface area contributed by atoms with Crippen LogP contribution in [0.5, 0.6) is 0 Å². The summed E-state index contributed by atoms with van der Waals surface area (Å²) >= 11 is 1.32. The Morgan fingerprint density at radius 1 is 1.24 bits per heavy atom. The van der Waals surface area contributed by atoms with Crippen molar-refractivity contribution in [3.05, 3.63) is 47.3 Å². The molecule has 1 aliphatic heterocycles. The Morgan fingerprint density at radius 3 is 2.76 bits per heavy atom. The number of piperidine rings is 1. The van der Waals surface area contributed by atoms with Crippen LogP contribution >= 0.6 is 11.8 Å². The van der Waals surface area contributed by atoms with Crippen LogP contribution in [0, 0.1) is 11.8 Å². The first-order valence-electron chi connectivity index (χ1n) is 11.6. The summed E-state index contributed by atoms with van der Waals surface area (Å²) in [5.41, 5.74) is 0.605. The summed E-state index contributed by atoms with van der Waals surface area (Å²) < 4.78 is 3.39. The fourth-order valence-corrected chi connectivity index (χ4v) is 5.58. The van der Waals surface area contributed by atoms with E-state index in [9.17, 15) is 9.59 Å². The van der Waals surface area contributed by atoms with Crippen molar-refractivity contribution < 1.29 is 4.79 Å². The monoisotopic (exact) mass is 468 g/mol. The Bertz CT molecular complexity index is 1190. The van der Waals surface area contributed by atoms with E-state index in [1.165, 1.54) is 18.2 Å². The molecule has 176 valence electrons. The molecule has 0 bridgehead atoms. The minimum Gasteiger partial charge on any atom is -0.355 e. The number of nitrogens with zero attached hydrogens (tertiary/aromatic N) is 5. The van der Waals surface area contributed by atoms with E-state index in [4.69, 9.17) is 0 Å². The van der Waals surface area contributed by atoms with Crippen molar-refractivity contribution in [1.82, 2.24) is 29.4 Å². The number of amides is 1. The summed E-state index contributed by atoms with van der Waals surface area (Å²) in [5.74, 6) is 2.16. The van der Waals surface area contributed by atoms with Crippen LogP contribution < -0.4 is 10.9 Å². The lowest BCUT2D eigenvalue weighted by Crippen LogP contribution is -2.40. The van der Waals surface area contributed by atoms with E-state index in [-0.39, 0.29) is 17.2 Å². The molecule has 0 aliphatic carbocycles. The number of likely N-dealkylation sites (tertiary alicyclic amines) is 1. The van der Waals surface area contributed by atoms with Crippen LogP contribution in [0.25, 0.3) is 16.7 Å². The molecule has 0 radical (unpaired) electrons. The fraction of sp³-hybridized carbons (Fsp3) is 0.500. The maximum absolute atomic E-state index is 12.9. The number of aromatic nitrogens is 4. The second-order valence-corrected chi connectivity index (χ2v) is 9.98. The molecule has 0 spiro atoms. The minimum absolute atomic E-state index is 0.0270. The van der Waals surface area contributed by atoms with Gasteiger partial charge in [0.05, 0.1) is 16.7 Å². The third-order valence-corrected chi connectivity index (χ3v) is 6.97. The van der Waals surface area contributed by atoms with E-state index in [0.29, 0.717) is 29.4 Å². The minimum atomic E-state index is -0.128. The van der Waals surface area contributed by atoms with Crippen molar-refractivity contribution >= 4 is 34.3 Å². The van der Waals surface area contributed by atoms with Gasteiger partial charge in [0.25, 0.3) is 5.56 Å². The smallest absolute Gasteiger partial charge is 0.263 e. The van der Waals surface area contributed by atoms with Gasteiger partial charge in [-0.25, -0.2) is 0 Å². The Kier molecular flexibility index (Phi) is 7.49. The predicted octanol–water partition coefficient (Wildman–Crippen LogP) is 2.81. The van der Waals surface area contributed by atoms with E-state index in [2.05, 4.69) is 40.8 Å². The highest BCUT2D eigenvalue weighted by Gasteiger charge is 2.21. The number of allylic oxidation sites excluding steroid dienone is 1. The Balaban J connectivity index is 1.38. The molecule has 4 rings (SSSR count). The van der Waals surface area contributed by atoms with Crippen molar-refractivity contribution in [3.63, 3.8) is 0 Å². The average Bonchev–Trinajstić information content (AvgIpc) is 3.21. The predicted molar refractivity (Wildman–Crippen MR) is 133 cm³/mol. The van der Waals surface area contributed by atoms with Gasteiger partial charge in [-0.15, -0.1) is 16.8 Å².